The molecular weight excluding hydrogens is 238 g/mol. The first-order chi connectivity index (χ1) is 8.24. The number of hydrogen-bond acceptors (Lipinski definition) is 3. The number of aliphatic hydroxyl groups is 1. The number of nitrogens with zero attached hydrogens (tertiary/aromatic N) is 1. The van der Waals surface area contributed by atoms with E-state index in [-0.39, 0.29) is 6.10 Å². The molecule has 1 aromatic rings. The Balaban J connectivity index is 1.87. The van der Waals surface area contributed by atoms with Crippen LogP contribution in [0.4, 0.5) is 5.69 Å². The Labute approximate surface area is 106 Å². The van der Waals surface area contributed by atoms with E-state index >= 15 is 0 Å². The van der Waals surface area contributed by atoms with Crippen LogP contribution in [0.3, 0.4) is 0 Å². The summed E-state index contributed by atoms with van der Waals surface area (Å²) in [4.78, 5) is 2.23. The molecule has 0 radical (unpaired) electrons. The van der Waals surface area contributed by atoms with Gasteiger partial charge in [-0.25, -0.2) is 0 Å². The molecule has 3 rings (SSSR count). The van der Waals surface area contributed by atoms with E-state index in [0.29, 0.717) is 0 Å². The zero-order valence-corrected chi connectivity index (χ0v) is 10.4. The summed E-state index contributed by atoms with van der Waals surface area (Å²) in [6, 6.07) is 4.06. The summed E-state index contributed by atoms with van der Waals surface area (Å²) in [6.45, 7) is 2.48. The van der Waals surface area contributed by atoms with Gasteiger partial charge in [0.15, 0.2) is 0 Å². The molecule has 0 bridgehead atoms. The van der Waals surface area contributed by atoms with Gasteiger partial charge < -0.3 is 14.7 Å². The highest BCUT2D eigenvalue weighted by molar-refractivity contribution is 6.33. The number of hydrogen-bond donors (Lipinski definition) is 1. The van der Waals surface area contributed by atoms with Crippen LogP contribution in [0.15, 0.2) is 12.1 Å². The maximum atomic E-state index is 9.51. The Bertz CT molecular complexity index is 428. The van der Waals surface area contributed by atoms with Crippen molar-refractivity contribution < 1.29 is 9.84 Å². The first kappa shape index (κ1) is 11.2. The van der Waals surface area contributed by atoms with Crippen molar-refractivity contribution in [3.8, 4) is 5.75 Å². The van der Waals surface area contributed by atoms with Gasteiger partial charge in [-0.1, -0.05) is 11.6 Å². The maximum absolute atomic E-state index is 9.51. The molecule has 0 atom stereocenters. The summed E-state index contributed by atoms with van der Waals surface area (Å²) < 4.78 is 5.57. The van der Waals surface area contributed by atoms with Gasteiger partial charge in [0, 0.05) is 25.6 Å². The fourth-order valence-corrected chi connectivity index (χ4v) is 2.84. The number of piperidine rings is 1. The molecule has 0 saturated carbocycles. The molecule has 2 aliphatic heterocycles. The monoisotopic (exact) mass is 253 g/mol. The average Bonchev–Trinajstić information content (AvgIpc) is 2.76. The van der Waals surface area contributed by atoms with E-state index in [0.717, 1.165) is 55.4 Å². The molecule has 0 amide bonds. The van der Waals surface area contributed by atoms with Crippen molar-refractivity contribution in [1.29, 1.82) is 0 Å². The lowest BCUT2D eigenvalue weighted by Gasteiger charge is -2.32. The summed E-state index contributed by atoms with van der Waals surface area (Å²) in [5.41, 5.74) is 2.25. The topological polar surface area (TPSA) is 32.7 Å². The van der Waals surface area contributed by atoms with Crippen LogP contribution in [0.1, 0.15) is 18.4 Å². The molecular formula is C13H16ClNO2. The summed E-state index contributed by atoms with van der Waals surface area (Å²) in [5.74, 6) is 0.968. The number of halogens is 1. The van der Waals surface area contributed by atoms with Gasteiger partial charge in [-0.05, 0) is 24.5 Å². The summed E-state index contributed by atoms with van der Waals surface area (Å²) in [6.07, 6.45) is 2.42. The van der Waals surface area contributed by atoms with E-state index < -0.39 is 0 Å². The van der Waals surface area contributed by atoms with Gasteiger partial charge >= 0.3 is 0 Å². The second-order valence-corrected chi connectivity index (χ2v) is 5.14. The first-order valence-corrected chi connectivity index (χ1v) is 6.50. The molecule has 0 spiro atoms. The molecule has 1 aromatic carbocycles. The van der Waals surface area contributed by atoms with Crippen molar-refractivity contribution in [1.82, 2.24) is 0 Å². The van der Waals surface area contributed by atoms with Gasteiger partial charge in [-0.2, -0.15) is 0 Å². The molecule has 0 unspecified atom stereocenters. The lowest BCUT2D eigenvalue weighted by atomic mass is 10.1. The molecule has 2 aliphatic rings. The molecule has 1 saturated heterocycles. The second-order valence-electron chi connectivity index (χ2n) is 4.73. The van der Waals surface area contributed by atoms with Crippen LogP contribution in [0, 0.1) is 0 Å². The van der Waals surface area contributed by atoms with E-state index in [4.69, 9.17) is 16.3 Å². The van der Waals surface area contributed by atoms with E-state index in [9.17, 15) is 5.11 Å². The van der Waals surface area contributed by atoms with Crippen LogP contribution >= 0.6 is 11.6 Å². The van der Waals surface area contributed by atoms with Crippen LogP contribution in [-0.4, -0.2) is 30.9 Å². The Morgan fingerprint density at radius 1 is 1.29 bits per heavy atom. The molecule has 92 valence electrons. The van der Waals surface area contributed by atoms with Gasteiger partial charge in [0.2, 0.25) is 0 Å². The molecule has 3 nitrogen and oxygen atoms in total. The molecule has 2 heterocycles. The second kappa shape index (κ2) is 4.39. The zero-order chi connectivity index (χ0) is 11.8. The average molecular weight is 254 g/mol. The zero-order valence-electron chi connectivity index (χ0n) is 9.66. The van der Waals surface area contributed by atoms with Gasteiger partial charge in [-0.15, -0.1) is 0 Å². The van der Waals surface area contributed by atoms with Crippen molar-refractivity contribution in [2.75, 3.05) is 24.6 Å². The Hall–Kier alpha value is -0.930. The predicted octanol–water partition coefficient (Wildman–Crippen LogP) is 2.24. The van der Waals surface area contributed by atoms with Gasteiger partial charge in [0.1, 0.15) is 5.75 Å². The van der Waals surface area contributed by atoms with Gasteiger partial charge in [0.05, 0.1) is 23.4 Å². The largest absolute Gasteiger partial charge is 0.493 e. The highest BCUT2D eigenvalue weighted by Crippen LogP contribution is 2.37. The number of benzene rings is 1. The molecule has 17 heavy (non-hydrogen) atoms. The molecule has 1 N–H and O–H groups in total. The van der Waals surface area contributed by atoms with Gasteiger partial charge in [0.25, 0.3) is 0 Å². The number of anilines is 1. The number of aliphatic hydroxyl groups excluding tert-OH is 1. The Morgan fingerprint density at radius 3 is 2.82 bits per heavy atom. The third-order valence-electron chi connectivity index (χ3n) is 3.56. The first-order valence-electron chi connectivity index (χ1n) is 6.12. The Kier molecular flexibility index (Phi) is 2.89. The van der Waals surface area contributed by atoms with Crippen LogP contribution < -0.4 is 9.64 Å². The number of rotatable bonds is 1. The summed E-state index contributed by atoms with van der Waals surface area (Å²) in [7, 11) is 0. The maximum Gasteiger partial charge on any atom is 0.124 e. The van der Waals surface area contributed by atoms with Crippen LogP contribution in [0.2, 0.25) is 5.02 Å². The van der Waals surface area contributed by atoms with Crippen molar-refractivity contribution in [2.24, 2.45) is 0 Å². The molecule has 1 fully saturated rings. The minimum atomic E-state index is -0.157. The minimum absolute atomic E-state index is 0.157. The van der Waals surface area contributed by atoms with Crippen LogP contribution in [-0.2, 0) is 6.42 Å². The fraction of sp³-hybridized carbons (Fsp3) is 0.538. The molecule has 0 aliphatic carbocycles. The third-order valence-corrected chi connectivity index (χ3v) is 3.87. The van der Waals surface area contributed by atoms with Crippen LogP contribution in [0.25, 0.3) is 0 Å². The highest BCUT2D eigenvalue weighted by atomic mass is 35.5. The fourth-order valence-electron chi connectivity index (χ4n) is 2.53. The molecule has 0 aromatic heterocycles. The summed E-state index contributed by atoms with van der Waals surface area (Å²) in [5, 5.41) is 10.3. The van der Waals surface area contributed by atoms with Crippen molar-refractivity contribution >= 4 is 17.3 Å². The van der Waals surface area contributed by atoms with E-state index in [2.05, 4.69) is 4.90 Å². The Morgan fingerprint density at radius 2 is 2.06 bits per heavy atom. The van der Waals surface area contributed by atoms with E-state index in [1.165, 1.54) is 5.56 Å². The van der Waals surface area contributed by atoms with Crippen molar-refractivity contribution in [3.63, 3.8) is 0 Å². The van der Waals surface area contributed by atoms with Crippen molar-refractivity contribution in [3.05, 3.63) is 22.7 Å². The minimum Gasteiger partial charge on any atom is -0.493 e. The van der Waals surface area contributed by atoms with E-state index in [1.54, 1.807) is 0 Å². The summed E-state index contributed by atoms with van der Waals surface area (Å²) >= 11 is 6.32. The standard InChI is InChI=1S/C13H16ClNO2/c14-11-7-9-3-6-17-13(9)8-12(11)15-4-1-10(16)2-5-15/h7-8,10,16H,1-6H2. The predicted molar refractivity (Wildman–Crippen MR) is 68.1 cm³/mol. The lowest BCUT2D eigenvalue weighted by Crippen LogP contribution is -2.35. The van der Waals surface area contributed by atoms with Crippen molar-refractivity contribution in [2.45, 2.75) is 25.4 Å². The van der Waals surface area contributed by atoms with E-state index in [1.807, 2.05) is 12.1 Å². The van der Waals surface area contributed by atoms with Crippen LogP contribution in [0.5, 0.6) is 5.75 Å². The normalized spacial score (nSPS) is 20.2. The lowest BCUT2D eigenvalue weighted by molar-refractivity contribution is 0.145. The SMILES string of the molecule is OC1CCN(c2cc3c(cc2Cl)CCO3)CC1. The van der Waals surface area contributed by atoms with Gasteiger partial charge in [-0.3, -0.25) is 0 Å². The third kappa shape index (κ3) is 2.09. The smallest absolute Gasteiger partial charge is 0.124 e. The number of ether oxygens (including phenoxy) is 1. The molecule has 4 heteroatoms. The number of fused-ring (bicyclic) bond motifs is 1. The quantitative estimate of drug-likeness (QED) is 0.833. The highest BCUT2D eigenvalue weighted by Gasteiger charge is 2.22.